The molecule has 1 amide bonds. The highest BCUT2D eigenvalue weighted by molar-refractivity contribution is 7.09. The molecule has 1 saturated heterocycles. The Morgan fingerprint density at radius 2 is 1.97 bits per heavy atom. The van der Waals surface area contributed by atoms with Gasteiger partial charge in [-0.15, -0.1) is 11.3 Å². The minimum Gasteiger partial charge on any atom is -0.441 e. The van der Waals surface area contributed by atoms with E-state index in [0.29, 0.717) is 29.5 Å². The van der Waals surface area contributed by atoms with Crippen LogP contribution >= 0.6 is 22.9 Å². The van der Waals surface area contributed by atoms with E-state index in [1.165, 1.54) is 5.01 Å². The van der Waals surface area contributed by atoms with Gasteiger partial charge >= 0.3 is 0 Å². The van der Waals surface area contributed by atoms with E-state index in [2.05, 4.69) is 27.2 Å². The van der Waals surface area contributed by atoms with Crippen molar-refractivity contribution in [3.8, 4) is 11.3 Å². The molecule has 8 heteroatoms. The van der Waals surface area contributed by atoms with Gasteiger partial charge in [0.05, 0.1) is 16.9 Å². The first kappa shape index (κ1) is 21.0. The van der Waals surface area contributed by atoms with E-state index in [0.717, 1.165) is 50.4 Å². The molecule has 3 aromatic rings. The van der Waals surface area contributed by atoms with Gasteiger partial charge in [0.15, 0.2) is 11.7 Å². The van der Waals surface area contributed by atoms with Gasteiger partial charge in [0.2, 0.25) is 5.91 Å². The zero-order valence-electron chi connectivity index (χ0n) is 17.0. The molecule has 2 aromatic heterocycles. The van der Waals surface area contributed by atoms with Crippen LogP contribution in [0.15, 0.2) is 40.3 Å². The molecule has 0 aliphatic carbocycles. The molecular weight excluding hydrogens is 420 g/mol. The van der Waals surface area contributed by atoms with Gasteiger partial charge in [-0.1, -0.05) is 18.5 Å². The molecule has 1 aromatic carbocycles. The molecule has 0 bridgehead atoms. The Morgan fingerprint density at radius 1 is 1.20 bits per heavy atom. The van der Waals surface area contributed by atoms with E-state index < -0.39 is 0 Å². The summed E-state index contributed by atoms with van der Waals surface area (Å²) < 4.78 is 5.80. The van der Waals surface area contributed by atoms with Crippen molar-refractivity contribution >= 4 is 28.8 Å². The minimum atomic E-state index is 0.155. The van der Waals surface area contributed by atoms with Crippen LogP contribution in [0.25, 0.3) is 11.3 Å². The first-order chi connectivity index (χ1) is 14.6. The lowest BCUT2D eigenvalue weighted by Gasteiger charge is -2.34. The van der Waals surface area contributed by atoms with Gasteiger partial charge < -0.3 is 9.32 Å². The molecule has 1 aliphatic rings. The number of rotatable bonds is 7. The number of thiazole rings is 1. The van der Waals surface area contributed by atoms with Crippen LogP contribution in [0.2, 0.25) is 5.02 Å². The van der Waals surface area contributed by atoms with Crippen molar-refractivity contribution in [2.45, 2.75) is 32.7 Å². The second-order valence-electron chi connectivity index (χ2n) is 7.37. The summed E-state index contributed by atoms with van der Waals surface area (Å²) in [5.74, 6) is 1.43. The van der Waals surface area contributed by atoms with Crippen LogP contribution in [0.5, 0.6) is 0 Å². The number of carbonyl (C=O) groups is 1. The number of hydrogen-bond acceptors (Lipinski definition) is 6. The number of piperazine rings is 1. The Labute approximate surface area is 185 Å². The van der Waals surface area contributed by atoms with Gasteiger partial charge in [-0.2, -0.15) is 0 Å². The van der Waals surface area contributed by atoms with Gasteiger partial charge in [0.1, 0.15) is 0 Å². The van der Waals surface area contributed by atoms with Gasteiger partial charge in [-0.3, -0.25) is 9.69 Å². The molecule has 0 saturated carbocycles. The standard InChI is InChI=1S/C22H25ClN4O2S/c1-2-21-25-18(15-30-21)14-26-9-11-27(12-10-26)22(28)8-7-20-24-13-19(29-20)16-3-5-17(23)6-4-16/h3-6,13,15H,2,7-12,14H2,1H3. The molecule has 0 N–H and O–H groups in total. The molecule has 0 atom stereocenters. The second kappa shape index (κ2) is 9.73. The molecule has 6 nitrogen and oxygen atoms in total. The Bertz CT molecular complexity index is 977. The predicted molar refractivity (Wildman–Crippen MR) is 119 cm³/mol. The van der Waals surface area contributed by atoms with Crippen LogP contribution < -0.4 is 0 Å². The average Bonchev–Trinajstić information content (AvgIpc) is 3.42. The first-order valence-electron chi connectivity index (χ1n) is 10.2. The monoisotopic (exact) mass is 444 g/mol. The van der Waals surface area contributed by atoms with Crippen LogP contribution in [0.4, 0.5) is 0 Å². The largest absolute Gasteiger partial charge is 0.441 e. The van der Waals surface area contributed by atoms with E-state index in [1.807, 2.05) is 29.2 Å². The summed E-state index contributed by atoms with van der Waals surface area (Å²) in [7, 11) is 0. The smallest absolute Gasteiger partial charge is 0.223 e. The van der Waals surface area contributed by atoms with Crippen LogP contribution in [-0.2, 0) is 24.2 Å². The van der Waals surface area contributed by atoms with Gasteiger partial charge in [-0.25, -0.2) is 9.97 Å². The highest BCUT2D eigenvalue weighted by Crippen LogP contribution is 2.23. The topological polar surface area (TPSA) is 62.5 Å². The van der Waals surface area contributed by atoms with Crippen molar-refractivity contribution in [1.29, 1.82) is 0 Å². The average molecular weight is 445 g/mol. The summed E-state index contributed by atoms with van der Waals surface area (Å²) in [6.07, 6.45) is 3.60. The van der Waals surface area contributed by atoms with Crippen molar-refractivity contribution < 1.29 is 9.21 Å². The summed E-state index contributed by atoms with van der Waals surface area (Å²) >= 11 is 7.65. The maximum Gasteiger partial charge on any atom is 0.223 e. The number of oxazole rings is 1. The highest BCUT2D eigenvalue weighted by atomic mass is 35.5. The lowest BCUT2D eigenvalue weighted by Crippen LogP contribution is -2.48. The Kier molecular flexibility index (Phi) is 6.82. The van der Waals surface area contributed by atoms with Crippen LogP contribution in [0, 0.1) is 0 Å². The van der Waals surface area contributed by atoms with Gasteiger partial charge in [0, 0.05) is 61.5 Å². The third-order valence-corrected chi connectivity index (χ3v) is 6.54. The number of halogens is 1. The molecule has 0 spiro atoms. The molecular formula is C22H25ClN4O2S. The van der Waals surface area contributed by atoms with Crippen molar-refractivity contribution in [3.63, 3.8) is 0 Å². The van der Waals surface area contributed by atoms with Crippen molar-refractivity contribution in [2.24, 2.45) is 0 Å². The van der Waals surface area contributed by atoms with Crippen molar-refractivity contribution in [3.05, 3.63) is 57.5 Å². The fraction of sp³-hybridized carbons (Fsp3) is 0.409. The Balaban J connectivity index is 1.23. The fourth-order valence-corrected chi connectivity index (χ4v) is 4.38. The highest BCUT2D eigenvalue weighted by Gasteiger charge is 2.22. The summed E-state index contributed by atoms with van der Waals surface area (Å²) in [5.41, 5.74) is 2.06. The van der Waals surface area contributed by atoms with E-state index >= 15 is 0 Å². The molecule has 1 fully saturated rings. The second-order valence-corrected chi connectivity index (χ2v) is 8.75. The van der Waals surface area contributed by atoms with Crippen LogP contribution in [-0.4, -0.2) is 51.9 Å². The number of benzene rings is 1. The molecule has 0 radical (unpaired) electrons. The zero-order valence-corrected chi connectivity index (χ0v) is 18.6. The summed E-state index contributed by atoms with van der Waals surface area (Å²) in [6, 6.07) is 7.43. The van der Waals surface area contributed by atoms with E-state index in [4.69, 9.17) is 16.0 Å². The summed E-state index contributed by atoms with van der Waals surface area (Å²) in [5, 5.41) is 4.01. The van der Waals surface area contributed by atoms with Gasteiger partial charge in [0.25, 0.3) is 0 Å². The SMILES string of the molecule is CCc1nc(CN2CCN(C(=O)CCc3ncc(-c4ccc(Cl)cc4)o3)CC2)cs1. The van der Waals surface area contributed by atoms with Crippen molar-refractivity contribution in [2.75, 3.05) is 26.2 Å². The molecule has 158 valence electrons. The maximum absolute atomic E-state index is 12.6. The third kappa shape index (κ3) is 5.28. The number of carbonyl (C=O) groups excluding carboxylic acids is 1. The van der Waals surface area contributed by atoms with Crippen molar-refractivity contribution in [1.82, 2.24) is 19.8 Å². The minimum absolute atomic E-state index is 0.155. The van der Waals surface area contributed by atoms with E-state index in [9.17, 15) is 4.79 Å². The summed E-state index contributed by atoms with van der Waals surface area (Å²) in [6.45, 7) is 6.26. The lowest BCUT2D eigenvalue weighted by molar-refractivity contribution is -0.133. The number of nitrogens with zero attached hydrogens (tertiary/aromatic N) is 4. The maximum atomic E-state index is 12.6. The Morgan fingerprint density at radius 3 is 2.67 bits per heavy atom. The third-order valence-electron chi connectivity index (χ3n) is 5.25. The molecule has 0 unspecified atom stereocenters. The Hall–Kier alpha value is -2.22. The normalized spacial score (nSPS) is 14.9. The fourth-order valence-electron chi connectivity index (χ4n) is 3.51. The lowest BCUT2D eigenvalue weighted by atomic mass is 10.2. The van der Waals surface area contributed by atoms with Crippen LogP contribution in [0.3, 0.4) is 0 Å². The number of amides is 1. The molecule has 3 heterocycles. The number of aromatic nitrogens is 2. The van der Waals surface area contributed by atoms with E-state index in [1.54, 1.807) is 17.5 Å². The zero-order chi connectivity index (χ0) is 20.9. The van der Waals surface area contributed by atoms with Crippen LogP contribution in [0.1, 0.15) is 29.9 Å². The molecule has 4 rings (SSSR count). The predicted octanol–water partition coefficient (Wildman–Crippen LogP) is 4.29. The quantitative estimate of drug-likeness (QED) is 0.544. The van der Waals surface area contributed by atoms with E-state index in [-0.39, 0.29) is 5.91 Å². The molecule has 1 aliphatic heterocycles. The van der Waals surface area contributed by atoms with Gasteiger partial charge in [-0.05, 0) is 30.7 Å². The summed E-state index contributed by atoms with van der Waals surface area (Å²) in [4.78, 5) is 25.9. The molecule has 30 heavy (non-hydrogen) atoms. The first-order valence-corrected chi connectivity index (χ1v) is 11.5. The number of hydrogen-bond donors (Lipinski definition) is 0. The number of aryl methyl sites for hydroxylation is 2.